The summed E-state index contributed by atoms with van der Waals surface area (Å²) in [6.45, 7) is 4.77. The maximum absolute atomic E-state index is 12.0. The maximum Gasteiger partial charge on any atom is 0.133 e. The van der Waals surface area contributed by atoms with Gasteiger partial charge >= 0.3 is 0 Å². The quantitative estimate of drug-likeness (QED) is 0.651. The van der Waals surface area contributed by atoms with Crippen LogP contribution < -0.4 is 0 Å². The van der Waals surface area contributed by atoms with Crippen LogP contribution in [-0.2, 0) is 9.53 Å². The van der Waals surface area contributed by atoms with Gasteiger partial charge in [-0.05, 0) is 80.5 Å². The predicted molar refractivity (Wildman–Crippen MR) is 92.1 cm³/mol. The molecule has 0 bridgehead atoms. The van der Waals surface area contributed by atoms with Crippen molar-refractivity contribution in [3.8, 4) is 0 Å². The van der Waals surface area contributed by atoms with Crippen LogP contribution in [0.15, 0.2) is 11.6 Å². The summed E-state index contributed by atoms with van der Waals surface area (Å²) in [5.41, 5.74) is 2.17. The number of rotatable bonds is 1. The molecule has 4 fully saturated rings. The molecule has 4 saturated carbocycles. The molecule has 0 amide bonds. The SMILES string of the molecule is CC=C1CC[C@H]2[C@@H]3C[C@@H](OC)[C@@H]4CC(=O)CC[C@@H]4[C@H]3CC[C@]12C. The molecule has 2 nitrogen and oxygen atoms in total. The number of carbonyl (C=O) groups excluding carboxylic acids is 1. The fourth-order valence-corrected chi connectivity index (χ4v) is 7.22. The van der Waals surface area contributed by atoms with E-state index in [1.165, 1.54) is 32.1 Å². The van der Waals surface area contributed by atoms with Gasteiger partial charge in [-0.2, -0.15) is 0 Å². The van der Waals surface area contributed by atoms with Crippen molar-refractivity contribution in [1.82, 2.24) is 0 Å². The van der Waals surface area contributed by atoms with Gasteiger partial charge in [0.05, 0.1) is 6.10 Å². The van der Waals surface area contributed by atoms with Crippen molar-refractivity contribution < 1.29 is 9.53 Å². The molecule has 4 aliphatic carbocycles. The third-order valence-corrected chi connectivity index (χ3v) is 8.29. The predicted octanol–water partition coefficient (Wildman–Crippen LogP) is 4.78. The number of Topliss-reactive ketones (excluding diaryl/α,β-unsaturated/α-hetero) is 1. The average Bonchev–Trinajstić information content (AvgIpc) is 2.90. The number of allylic oxidation sites excluding steroid dienone is 2. The minimum absolute atomic E-state index is 0.322. The lowest BCUT2D eigenvalue weighted by Crippen LogP contribution is -2.52. The molecule has 0 spiro atoms. The summed E-state index contributed by atoms with van der Waals surface area (Å²) in [6, 6.07) is 0. The molecule has 0 N–H and O–H groups in total. The van der Waals surface area contributed by atoms with Crippen molar-refractivity contribution in [2.24, 2.45) is 35.0 Å². The maximum atomic E-state index is 12.0. The molecule has 0 aromatic heterocycles. The van der Waals surface area contributed by atoms with Gasteiger partial charge in [0, 0.05) is 20.0 Å². The largest absolute Gasteiger partial charge is 0.381 e. The number of fused-ring (bicyclic) bond motifs is 5. The van der Waals surface area contributed by atoms with Gasteiger partial charge in [0.2, 0.25) is 0 Å². The molecule has 4 aliphatic rings. The van der Waals surface area contributed by atoms with Crippen LogP contribution in [-0.4, -0.2) is 19.0 Å². The van der Waals surface area contributed by atoms with E-state index in [1.54, 1.807) is 5.57 Å². The van der Waals surface area contributed by atoms with Crippen molar-refractivity contribution in [1.29, 1.82) is 0 Å². The van der Waals surface area contributed by atoms with E-state index < -0.39 is 0 Å². The summed E-state index contributed by atoms with van der Waals surface area (Å²) in [6.07, 6.45) is 12.1. The van der Waals surface area contributed by atoms with Crippen molar-refractivity contribution in [2.75, 3.05) is 7.11 Å². The van der Waals surface area contributed by atoms with Crippen LogP contribution in [0.3, 0.4) is 0 Å². The molecule has 0 aromatic rings. The number of ether oxygens (including phenoxy) is 1. The van der Waals surface area contributed by atoms with Gasteiger partial charge in [-0.3, -0.25) is 4.79 Å². The zero-order valence-corrected chi connectivity index (χ0v) is 15.0. The Kier molecular flexibility index (Phi) is 3.95. The number of hydrogen-bond donors (Lipinski definition) is 0. The Morgan fingerprint density at radius 2 is 1.87 bits per heavy atom. The van der Waals surface area contributed by atoms with Crippen LogP contribution in [0.2, 0.25) is 0 Å². The smallest absolute Gasteiger partial charge is 0.133 e. The van der Waals surface area contributed by atoms with Crippen molar-refractivity contribution in [3.63, 3.8) is 0 Å². The molecule has 0 unspecified atom stereocenters. The second kappa shape index (κ2) is 5.72. The van der Waals surface area contributed by atoms with Crippen LogP contribution in [0.4, 0.5) is 0 Å². The zero-order chi connectivity index (χ0) is 16.2. The summed E-state index contributed by atoms with van der Waals surface area (Å²) in [5.74, 6) is 4.26. The highest BCUT2D eigenvalue weighted by Crippen LogP contribution is 2.64. The molecule has 0 saturated heterocycles. The molecule has 23 heavy (non-hydrogen) atoms. The Balaban J connectivity index is 1.64. The second-order valence-electron chi connectivity index (χ2n) is 8.86. The van der Waals surface area contributed by atoms with Crippen LogP contribution >= 0.6 is 0 Å². The van der Waals surface area contributed by atoms with Crippen molar-refractivity contribution in [2.45, 2.75) is 71.3 Å². The number of carbonyl (C=O) groups is 1. The van der Waals surface area contributed by atoms with Gasteiger partial charge in [-0.25, -0.2) is 0 Å². The summed E-state index contributed by atoms with van der Waals surface area (Å²) in [7, 11) is 1.87. The Labute approximate surface area is 141 Å². The van der Waals surface area contributed by atoms with Gasteiger partial charge in [0.1, 0.15) is 5.78 Å². The Morgan fingerprint density at radius 3 is 2.61 bits per heavy atom. The van der Waals surface area contributed by atoms with Crippen LogP contribution in [0.5, 0.6) is 0 Å². The van der Waals surface area contributed by atoms with Gasteiger partial charge < -0.3 is 4.74 Å². The molecule has 128 valence electrons. The van der Waals surface area contributed by atoms with E-state index in [-0.39, 0.29) is 0 Å². The summed E-state index contributed by atoms with van der Waals surface area (Å²) >= 11 is 0. The lowest BCUT2D eigenvalue weighted by atomic mass is 9.49. The van der Waals surface area contributed by atoms with E-state index in [2.05, 4.69) is 19.9 Å². The highest BCUT2D eigenvalue weighted by atomic mass is 16.5. The van der Waals surface area contributed by atoms with Gasteiger partial charge in [-0.15, -0.1) is 0 Å². The first-order valence-corrected chi connectivity index (χ1v) is 9.78. The number of ketones is 1. The van der Waals surface area contributed by atoms with Gasteiger partial charge in [0.25, 0.3) is 0 Å². The molecule has 2 heteroatoms. The zero-order valence-electron chi connectivity index (χ0n) is 15.0. The fourth-order valence-electron chi connectivity index (χ4n) is 7.22. The molecule has 7 atom stereocenters. The van der Waals surface area contributed by atoms with Gasteiger partial charge in [-0.1, -0.05) is 18.6 Å². The Morgan fingerprint density at radius 1 is 1.09 bits per heavy atom. The monoisotopic (exact) mass is 316 g/mol. The molecule has 0 aliphatic heterocycles. The third kappa shape index (κ3) is 2.27. The summed E-state index contributed by atoms with van der Waals surface area (Å²) < 4.78 is 5.93. The number of hydrogen-bond acceptors (Lipinski definition) is 2. The van der Waals surface area contributed by atoms with E-state index >= 15 is 0 Å². The lowest BCUT2D eigenvalue weighted by Gasteiger charge is -2.56. The minimum atomic E-state index is 0.322. The van der Waals surface area contributed by atoms with Crippen LogP contribution in [0.1, 0.15) is 65.2 Å². The molecular weight excluding hydrogens is 284 g/mol. The molecular formula is C21H32O2. The highest BCUT2D eigenvalue weighted by Gasteiger charge is 2.57. The van der Waals surface area contributed by atoms with E-state index in [1.807, 2.05) is 7.11 Å². The Hall–Kier alpha value is -0.630. The lowest BCUT2D eigenvalue weighted by molar-refractivity contribution is -0.139. The molecule has 0 heterocycles. The number of methoxy groups -OCH3 is 1. The Bertz CT molecular complexity index is 522. The minimum Gasteiger partial charge on any atom is -0.381 e. The standard InChI is InChI=1S/C21H32O2/c1-4-13-5-8-19-17-12-20(23-3)18-11-14(22)6-7-15(18)16(17)9-10-21(13,19)2/h4,15-20H,5-12H2,1-3H3/t15-,16-,17-,18-,19+,20-,21-/m1/s1. The first-order chi connectivity index (χ1) is 11.1. The molecule has 0 aromatic carbocycles. The van der Waals surface area contributed by atoms with Gasteiger partial charge in [0.15, 0.2) is 0 Å². The van der Waals surface area contributed by atoms with Crippen LogP contribution in [0, 0.1) is 35.0 Å². The van der Waals surface area contributed by atoms with E-state index in [9.17, 15) is 4.79 Å². The first kappa shape index (κ1) is 15.9. The second-order valence-corrected chi connectivity index (χ2v) is 8.86. The summed E-state index contributed by atoms with van der Waals surface area (Å²) in [5, 5.41) is 0. The van der Waals surface area contributed by atoms with E-state index in [0.717, 1.165) is 42.9 Å². The molecule has 4 rings (SSSR count). The topological polar surface area (TPSA) is 26.3 Å². The van der Waals surface area contributed by atoms with E-state index in [4.69, 9.17) is 4.74 Å². The van der Waals surface area contributed by atoms with Crippen LogP contribution in [0.25, 0.3) is 0 Å². The van der Waals surface area contributed by atoms with Crippen molar-refractivity contribution in [3.05, 3.63) is 11.6 Å². The first-order valence-electron chi connectivity index (χ1n) is 9.78. The summed E-state index contributed by atoms with van der Waals surface area (Å²) in [4.78, 5) is 12.0. The third-order valence-electron chi connectivity index (χ3n) is 8.29. The molecule has 0 radical (unpaired) electrons. The normalized spacial score (nSPS) is 51.3. The highest BCUT2D eigenvalue weighted by molar-refractivity contribution is 5.79. The average molecular weight is 316 g/mol. The fraction of sp³-hybridized carbons (Fsp3) is 0.857. The van der Waals surface area contributed by atoms with Crippen molar-refractivity contribution >= 4 is 5.78 Å². The van der Waals surface area contributed by atoms with E-state index in [0.29, 0.717) is 23.2 Å².